The number of nitrogens with zero attached hydrogens (tertiary/aromatic N) is 1. The van der Waals surface area contributed by atoms with Gasteiger partial charge in [-0.05, 0) is 42.7 Å². The molecule has 0 bridgehead atoms. The minimum absolute atomic E-state index is 0.131. The molecular weight excluding hydrogens is 354 g/mol. The Labute approximate surface area is 165 Å². The van der Waals surface area contributed by atoms with Crippen molar-refractivity contribution in [3.05, 3.63) is 71.3 Å². The first-order valence-corrected chi connectivity index (χ1v) is 9.65. The number of aliphatic hydroxyl groups excluding tert-OH is 1. The molecule has 1 N–H and O–H groups in total. The van der Waals surface area contributed by atoms with Crippen molar-refractivity contribution in [2.75, 3.05) is 13.2 Å². The summed E-state index contributed by atoms with van der Waals surface area (Å²) in [6, 6.07) is 15.7. The van der Waals surface area contributed by atoms with Crippen molar-refractivity contribution in [1.82, 2.24) is 4.90 Å². The van der Waals surface area contributed by atoms with Gasteiger partial charge in [0.15, 0.2) is 0 Å². The fourth-order valence-corrected chi connectivity index (χ4v) is 3.42. The normalized spacial score (nSPS) is 18.5. The molecule has 146 valence electrons. The van der Waals surface area contributed by atoms with Crippen LogP contribution in [0.4, 0.5) is 0 Å². The zero-order chi connectivity index (χ0) is 20.1. The van der Waals surface area contributed by atoms with Crippen molar-refractivity contribution in [2.45, 2.75) is 32.7 Å². The molecule has 0 saturated carbocycles. The van der Waals surface area contributed by atoms with Crippen LogP contribution in [0.2, 0.25) is 0 Å². The monoisotopic (exact) mass is 379 g/mol. The van der Waals surface area contributed by atoms with E-state index >= 15 is 0 Å². The quantitative estimate of drug-likeness (QED) is 0.442. The number of rotatable bonds is 7. The third-order valence-corrected chi connectivity index (χ3v) is 4.72. The fourth-order valence-electron chi connectivity index (χ4n) is 3.42. The Balaban J connectivity index is 2.04. The highest BCUT2D eigenvalue weighted by atomic mass is 16.5. The number of hydrogen-bond acceptors (Lipinski definition) is 4. The molecule has 0 aliphatic carbocycles. The Morgan fingerprint density at radius 1 is 1.00 bits per heavy atom. The summed E-state index contributed by atoms with van der Waals surface area (Å²) in [7, 11) is 0. The van der Waals surface area contributed by atoms with E-state index in [0.717, 1.165) is 18.4 Å². The van der Waals surface area contributed by atoms with E-state index in [1.165, 1.54) is 0 Å². The van der Waals surface area contributed by atoms with E-state index in [0.29, 0.717) is 24.5 Å². The largest absolute Gasteiger partial charge is 0.507 e. The smallest absolute Gasteiger partial charge is 0.295 e. The van der Waals surface area contributed by atoms with E-state index in [-0.39, 0.29) is 11.3 Å². The van der Waals surface area contributed by atoms with Gasteiger partial charge in [0.05, 0.1) is 18.2 Å². The maximum absolute atomic E-state index is 12.8. The second-order valence-electron chi connectivity index (χ2n) is 6.78. The molecule has 0 radical (unpaired) electrons. The lowest BCUT2D eigenvalue weighted by Crippen LogP contribution is -2.30. The summed E-state index contributed by atoms with van der Waals surface area (Å²) in [6.07, 6.45) is 1.62. The van der Waals surface area contributed by atoms with Crippen molar-refractivity contribution in [1.29, 1.82) is 0 Å². The fraction of sp³-hybridized carbons (Fsp3) is 0.304. The number of aliphatic hydroxyl groups is 1. The molecule has 0 spiro atoms. The van der Waals surface area contributed by atoms with Gasteiger partial charge < -0.3 is 14.7 Å². The van der Waals surface area contributed by atoms with Gasteiger partial charge in [-0.1, -0.05) is 44.2 Å². The number of carbonyl (C=O) groups is 2. The molecule has 28 heavy (non-hydrogen) atoms. The first kappa shape index (κ1) is 19.7. The third kappa shape index (κ3) is 3.79. The van der Waals surface area contributed by atoms with Crippen LogP contribution in [0.15, 0.2) is 60.2 Å². The summed E-state index contributed by atoms with van der Waals surface area (Å²) < 4.78 is 5.57. The highest BCUT2D eigenvalue weighted by molar-refractivity contribution is 6.46. The predicted molar refractivity (Wildman–Crippen MR) is 108 cm³/mol. The van der Waals surface area contributed by atoms with Gasteiger partial charge in [0.25, 0.3) is 11.7 Å². The van der Waals surface area contributed by atoms with Crippen molar-refractivity contribution >= 4 is 17.4 Å². The number of amides is 1. The molecule has 1 aliphatic rings. The Morgan fingerprint density at radius 3 is 2.29 bits per heavy atom. The average molecular weight is 379 g/mol. The summed E-state index contributed by atoms with van der Waals surface area (Å²) in [5.41, 5.74) is 1.42. The van der Waals surface area contributed by atoms with Gasteiger partial charge >= 0.3 is 0 Å². The number of benzene rings is 2. The van der Waals surface area contributed by atoms with Gasteiger partial charge in [-0.2, -0.15) is 0 Å². The summed E-state index contributed by atoms with van der Waals surface area (Å²) in [4.78, 5) is 26.9. The van der Waals surface area contributed by atoms with Crippen LogP contribution in [-0.4, -0.2) is 34.8 Å². The number of carbonyl (C=O) groups excluding carboxylic acids is 2. The minimum atomic E-state index is -0.647. The zero-order valence-corrected chi connectivity index (χ0v) is 16.2. The lowest BCUT2D eigenvalue weighted by Gasteiger charge is -2.24. The Hall–Kier alpha value is -3.08. The van der Waals surface area contributed by atoms with Crippen LogP contribution in [0.5, 0.6) is 5.75 Å². The predicted octanol–water partition coefficient (Wildman–Crippen LogP) is 4.31. The van der Waals surface area contributed by atoms with Crippen molar-refractivity contribution in [3.63, 3.8) is 0 Å². The molecule has 1 atom stereocenters. The molecule has 1 saturated heterocycles. The van der Waals surface area contributed by atoms with Gasteiger partial charge in [0, 0.05) is 12.1 Å². The zero-order valence-electron chi connectivity index (χ0n) is 16.2. The highest BCUT2D eigenvalue weighted by Gasteiger charge is 2.45. The Bertz CT molecular complexity index is 871. The highest BCUT2D eigenvalue weighted by Crippen LogP contribution is 2.39. The molecule has 1 fully saturated rings. The van der Waals surface area contributed by atoms with E-state index in [4.69, 9.17) is 4.74 Å². The van der Waals surface area contributed by atoms with Gasteiger partial charge in [0.1, 0.15) is 11.5 Å². The lowest BCUT2D eigenvalue weighted by molar-refractivity contribution is -0.139. The van der Waals surface area contributed by atoms with E-state index in [9.17, 15) is 14.7 Å². The summed E-state index contributed by atoms with van der Waals surface area (Å²) in [6.45, 7) is 5.04. The van der Waals surface area contributed by atoms with Gasteiger partial charge in [-0.25, -0.2) is 0 Å². The number of ether oxygens (including phenoxy) is 1. The van der Waals surface area contributed by atoms with E-state index in [1.807, 2.05) is 44.2 Å². The van der Waals surface area contributed by atoms with Gasteiger partial charge in [-0.15, -0.1) is 0 Å². The van der Waals surface area contributed by atoms with Crippen LogP contribution in [0.1, 0.15) is 43.9 Å². The van der Waals surface area contributed by atoms with Crippen LogP contribution >= 0.6 is 0 Å². The molecule has 3 rings (SSSR count). The Morgan fingerprint density at radius 2 is 1.68 bits per heavy atom. The van der Waals surface area contributed by atoms with Crippen LogP contribution in [0.3, 0.4) is 0 Å². The topological polar surface area (TPSA) is 66.8 Å². The van der Waals surface area contributed by atoms with E-state index < -0.39 is 17.7 Å². The average Bonchev–Trinajstić information content (AvgIpc) is 2.98. The van der Waals surface area contributed by atoms with Gasteiger partial charge in [-0.3, -0.25) is 9.59 Å². The molecule has 0 aromatic heterocycles. The van der Waals surface area contributed by atoms with Crippen LogP contribution in [0.25, 0.3) is 5.76 Å². The minimum Gasteiger partial charge on any atom is -0.507 e. The van der Waals surface area contributed by atoms with Crippen molar-refractivity contribution in [2.24, 2.45) is 0 Å². The first-order chi connectivity index (χ1) is 13.6. The second-order valence-corrected chi connectivity index (χ2v) is 6.78. The Kier molecular flexibility index (Phi) is 6.14. The van der Waals surface area contributed by atoms with E-state index in [2.05, 4.69) is 0 Å². The van der Waals surface area contributed by atoms with Crippen LogP contribution < -0.4 is 4.74 Å². The van der Waals surface area contributed by atoms with Gasteiger partial charge in [0.2, 0.25) is 0 Å². The van der Waals surface area contributed by atoms with Crippen molar-refractivity contribution in [3.8, 4) is 5.75 Å². The number of hydrogen-bond donors (Lipinski definition) is 1. The molecule has 2 aromatic carbocycles. The molecule has 1 aliphatic heterocycles. The van der Waals surface area contributed by atoms with Crippen LogP contribution in [-0.2, 0) is 9.59 Å². The summed E-state index contributed by atoms with van der Waals surface area (Å²) in [5, 5.41) is 10.9. The standard InChI is InChI=1S/C23H25NO4/c1-3-14-24-20(16-8-6-5-7-9-16)19(22(26)23(24)27)21(25)17-10-12-18(13-11-17)28-15-4-2/h5-13,20,25H,3-4,14-15H2,1-2H3/b21-19-. The molecule has 1 unspecified atom stereocenters. The molecule has 1 heterocycles. The van der Waals surface area contributed by atoms with Crippen molar-refractivity contribution < 1.29 is 19.4 Å². The lowest BCUT2D eigenvalue weighted by atomic mass is 9.95. The molecular formula is C23H25NO4. The third-order valence-electron chi connectivity index (χ3n) is 4.72. The number of ketones is 1. The summed E-state index contributed by atoms with van der Waals surface area (Å²) >= 11 is 0. The van der Waals surface area contributed by atoms with E-state index in [1.54, 1.807) is 29.2 Å². The molecule has 2 aromatic rings. The molecule has 1 amide bonds. The second kappa shape index (κ2) is 8.74. The number of likely N-dealkylation sites (tertiary alicyclic amines) is 1. The maximum Gasteiger partial charge on any atom is 0.295 e. The molecule has 5 nitrogen and oxygen atoms in total. The molecule has 5 heteroatoms. The first-order valence-electron chi connectivity index (χ1n) is 9.65. The van der Waals surface area contributed by atoms with Crippen LogP contribution in [0, 0.1) is 0 Å². The summed E-state index contributed by atoms with van der Waals surface area (Å²) in [5.74, 6) is -0.677. The SMILES string of the molecule is CCCOc1ccc(/C(O)=C2/C(=O)C(=O)N(CCC)C2c2ccccc2)cc1. The maximum atomic E-state index is 12.8. The number of Topliss-reactive ketones (excluding diaryl/α,β-unsaturated/α-hetero) is 1.